The average molecular weight is 528 g/mol. The Morgan fingerprint density at radius 2 is 1.71 bits per heavy atom. The van der Waals surface area contributed by atoms with E-state index in [-0.39, 0.29) is 47.2 Å². The van der Waals surface area contributed by atoms with Crippen molar-refractivity contribution in [3.63, 3.8) is 0 Å². The molecule has 2 aromatic rings. The summed E-state index contributed by atoms with van der Waals surface area (Å²) >= 11 is 0. The highest BCUT2D eigenvalue weighted by Gasteiger charge is 2.31. The Morgan fingerprint density at radius 3 is 2.29 bits per heavy atom. The van der Waals surface area contributed by atoms with Crippen LogP contribution < -0.4 is 14.2 Å². The van der Waals surface area contributed by atoms with Crippen LogP contribution in [-0.2, 0) is 11.3 Å². The fourth-order valence-electron chi connectivity index (χ4n) is 4.62. The van der Waals surface area contributed by atoms with E-state index in [0.717, 1.165) is 5.56 Å². The number of cyclic esters (lactones) is 1. The van der Waals surface area contributed by atoms with Gasteiger partial charge >= 0.3 is 12.1 Å². The minimum Gasteiger partial charge on any atom is -0.495 e. The van der Waals surface area contributed by atoms with Crippen LogP contribution >= 0.6 is 0 Å². The maximum Gasteiger partial charge on any atom is 0.415 e. The van der Waals surface area contributed by atoms with Crippen LogP contribution in [0.5, 0.6) is 23.0 Å². The van der Waals surface area contributed by atoms with Crippen LogP contribution in [0.15, 0.2) is 24.3 Å². The maximum atomic E-state index is 13.3. The average Bonchev–Trinajstić information content (AvgIpc) is 2.81. The summed E-state index contributed by atoms with van der Waals surface area (Å²) in [5, 5.41) is 10.8. The normalized spacial score (nSPS) is 13.7. The molecule has 1 amide bonds. The van der Waals surface area contributed by atoms with Gasteiger partial charge in [0.1, 0.15) is 23.7 Å². The summed E-state index contributed by atoms with van der Waals surface area (Å²) in [6.45, 7) is 15.1. The molecule has 0 bridgehead atoms. The second-order valence-corrected chi connectivity index (χ2v) is 11.2. The summed E-state index contributed by atoms with van der Waals surface area (Å²) in [5.41, 5.74) is 1.97. The van der Waals surface area contributed by atoms with Crippen molar-refractivity contribution >= 4 is 12.1 Å². The fourth-order valence-corrected chi connectivity index (χ4v) is 4.62. The van der Waals surface area contributed by atoms with Crippen LogP contribution in [-0.4, -0.2) is 42.3 Å². The molecule has 0 fully saturated rings. The largest absolute Gasteiger partial charge is 0.495 e. The maximum absolute atomic E-state index is 13.3. The van der Waals surface area contributed by atoms with Crippen LogP contribution in [0.2, 0.25) is 0 Å². The van der Waals surface area contributed by atoms with Crippen molar-refractivity contribution in [2.45, 2.75) is 67.6 Å². The summed E-state index contributed by atoms with van der Waals surface area (Å²) in [7, 11) is 1.44. The molecule has 0 aromatic heterocycles. The number of hydrogen-bond acceptors (Lipinski definition) is 7. The lowest BCUT2D eigenvalue weighted by molar-refractivity contribution is 0.0453. The van der Waals surface area contributed by atoms with Crippen molar-refractivity contribution in [1.82, 2.24) is 4.90 Å². The van der Waals surface area contributed by atoms with Gasteiger partial charge in [-0.2, -0.15) is 0 Å². The van der Waals surface area contributed by atoms with E-state index >= 15 is 0 Å². The Morgan fingerprint density at radius 1 is 1.05 bits per heavy atom. The molecule has 1 heterocycles. The van der Waals surface area contributed by atoms with Crippen molar-refractivity contribution in [2.75, 3.05) is 20.2 Å². The van der Waals surface area contributed by atoms with E-state index in [4.69, 9.17) is 18.9 Å². The smallest absolute Gasteiger partial charge is 0.415 e. The molecule has 0 saturated heterocycles. The van der Waals surface area contributed by atoms with Crippen molar-refractivity contribution in [3.8, 4) is 23.0 Å². The standard InChI is InChI=1S/C30H41NO7/c1-17(2)11-23(32)22-9-10-24-26(28(22)35-8)29(33)36-16-21-12-20(7)13-25(27(21)37-24)38-30(34)31(14-18(3)4)15-19(5)6/h9-10,12-13,17-19,23,32H,11,14-16H2,1-8H3/t23-/m0/s1. The van der Waals surface area contributed by atoms with Gasteiger partial charge in [0.25, 0.3) is 0 Å². The third-order valence-corrected chi connectivity index (χ3v) is 6.09. The van der Waals surface area contributed by atoms with Crippen molar-refractivity contribution in [3.05, 3.63) is 46.5 Å². The highest BCUT2D eigenvalue weighted by molar-refractivity contribution is 5.96. The summed E-state index contributed by atoms with van der Waals surface area (Å²) < 4.78 is 23.4. The number of esters is 1. The van der Waals surface area contributed by atoms with Gasteiger partial charge < -0.3 is 29.0 Å². The number of nitrogens with zero attached hydrogens (tertiary/aromatic N) is 1. The summed E-state index contributed by atoms with van der Waals surface area (Å²) in [6, 6.07) is 6.87. The molecule has 3 rings (SSSR count). The molecular weight excluding hydrogens is 486 g/mol. The van der Waals surface area contributed by atoms with Crippen molar-refractivity contribution < 1.29 is 33.6 Å². The zero-order valence-corrected chi connectivity index (χ0v) is 23.8. The molecule has 1 atom stereocenters. The molecular formula is C30H41NO7. The number of aliphatic hydroxyl groups excluding tert-OH is 1. The highest BCUT2D eigenvalue weighted by atomic mass is 16.6. The van der Waals surface area contributed by atoms with Gasteiger partial charge in [-0.05, 0) is 60.9 Å². The molecule has 208 valence electrons. The molecule has 2 aromatic carbocycles. The SMILES string of the molecule is COc1c([C@@H](O)CC(C)C)ccc2c1C(=O)OCc1cc(C)cc(OC(=O)N(CC(C)C)CC(C)C)c1O2. The molecule has 1 N–H and O–H groups in total. The quantitative estimate of drug-likeness (QED) is 0.364. The lowest BCUT2D eigenvalue weighted by Gasteiger charge is -2.27. The van der Waals surface area contributed by atoms with E-state index in [0.29, 0.717) is 36.4 Å². The molecule has 1 aliphatic rings. The molecule has 1 aliphatic heterocycles. The number of ether oxygens (including phenoxy) is 4. The van der Waals surface area contributed by atoms with Gasteiger partial charge in [0.2, 0.25) is 0 Å². The minimum atomic E-state index is -0.826. The van der Waals surface area contributed by atoms with Gasteiger partial charge in [-0.3, -0.25) is 0 Å². The van der Waals surface area contributed by atoms with Gasteiger partial charge in [-0.1, -0.05) is 41.5 Å². The third-order valence-electron chi connectivity index (χ3n) is 6.09. The van der Waals surface area contributed by atoms with Crippen LogP contribution in [0.25, 0.3) is 0 Å². The number of benzene rings is 2. The number of rotatable bonds is 9. The topological polar surface area (TPSA) is 94.5 Å². The zero-order chi connectivity index (χ0) is 28.1. The summed E-state index contributed by atoms with van der Waals surface area (Å²) in [4.78, 5) is 28.1. The van der Waals surface area contributed by atoms with Gasteiger partial charge in [0, 0.05) is 24.2 Å². The first-order valence-corrected chi connectivity index (χ1v) is 13.2. The Balaban J connectivity index is 2.05. The molecule has 0 radical (unpaired) electrons. The number of fused-ring (bicyclic) bond motifs is 2. The van der Waals surface area contributed by atoms with Crippen molar-refractivity contribution in [1.29, 1.82) is 0 Å². The van der Waals surface area contributed by atoms with E-state index < -0.39 is 18.2 Å². The van der Waals surface area contributed by atoms with Gasteiger partial charge in [0.15, 0.2) is 11.5 Å². The Labute approximate surface area is 225 Å². The number of aryl methyl sites for hydroxylation is 1. The van der Waals surface area contributed by atoms with Crippen LogP contribution in [0, 0.1) is 24.7 Å². The number of aliphatic hydroxyl groups is 1. The lowest BCUT2D eigenvalue weighted by atomic mass is 9.96. The molecule has 0 spiro atoms. The first kappa shape index (κ1) is 29.3. The van der Waals surface area contributed by atoms with Crippen molar-refractivity contribution in [2.24, 2.45) is 17.8 Å². The van der Waals surface area contributed by atoms with Crippen LogP contribution in [0.4, 0.5) is 4.79 Å². The number of hydrogen-bond donors (Lipinski definition) is 1. The van der Waals surface area contributed by atoms with Crippen LogP contribution in [0.3, 0.4) is 0 Å². The summed E-state index contributed by atoms with van der Waals surface area (Å²) in [6.07, 6.45) is -0.795. The molecule has 8 nitrogen and oxygen atoms in total. The molecule has 0 aliphatic carbocycles. The summed E-state index contributed by atoms with van der Waals surface area (Å²) in [5.74, 6) is 1.09. The minimum absolute atomic E-state index is 0.0799. The molecule has 0 saturated carbocycles. The fraction of sp³-hybridized carbons (Fsp3) is 0.533. The van der Waals surface area contributed by atoms with E-state index in [1.54, 1.807) is 23.1 Å². The van der Waals surface area contributed by atoms with E-state index in [2.05, 4.69) is 27.7 Å². The number of carbonyl (C=O) groups excluding carboxylic acids is 2. The first-order valence-electron chi connectivity index (χ1n) is 13.2. The lowest BCUT2D eigenvalue weighted by Crippen LogP contribution is -2.39. The zero-order valence-electron chi connectivity index (χ0n) is 23.8. The van der Waals surface area contributed by atoms with Gasteiger partial charge in [-0.15, -0.1) is 0 Å². The molecule has 38 heavy (non-hydrogen) atoms. The predicted octanol–water partition coefficient (Wildman–Crippen LogP) is 6.66. The second-order valence-electron chi connectivity index (χ2n) is 11.2. The Bertz CT molecular complexity index is 1150. The highest BCUT2D eigenvalue weighted by Crippen LogP contribution is 2.44. The number of amides is 1. The van der Waals surface area contributed by atoms with E-state index in [1.165, 1.54) is 7.11 Å². The molecule has 8 heteroatoms. The van der Waals surface area contributed by atoms with Crippen LogP contribution in [0.1, 0.15) is 81.1 Å². The van der Waals surface area contributed by atoms with Gasteiger partial charge in [0.05, 0.1) is 13.2 Å². The van der Waals surface area contributed by atoms with Gasteiger partial charge in [-0.25, -0.2) is 9.59 Å². The Kier molecular flexibility index (Phi) is 9.66. The number of carbonyl (C=O) groups is 2. The second kappa shape index (κ2) is 12.5. The van der Waals surface area contributed by atoms with E-state index in [1.807, 2.05) is 26.8 Å². The Hall–Kier alpha value is -3.26. The molecule has 0 unspecified atom stereocenters. The predicted molar refractivity (Wildman–Crippen MR) is 145 cm³/mol. The number of methoxy groups -OCH3 is 1. The first-order chi connectivity index (χ1) is 17.9. The van der Waals surface area contributed by atoms with E-state index in [9.17, 15) is 14.7 Å². The monoisotopic (exact) mass is 527 g/mol. The third kappa shape index (κ3) is 6.98.